The van der Waals surface area contributed by atoms with Crippen molar-refractivity contribution in [3.05, 3.63) is 35.6 Å². The summed E-state index contributed by atoms with van der Waals surface area (Å²) in [4.78, 5) is 6.69. The summed E-state index contributed by atoms with van der Waals surface area (Å²) in [6, 6.07) is 5.90. The van der Waals surface area contributed by atoms with Gasteiger partial charge >= 0.3 is 0 Å². The van der Waals surface area contributed by atoms with Crippen LogP contribution in [-0.4, -0.2) is 42.1 Å². The molecule has 1 aliphatic heterocycles. The van der Waals surface area contributed by atoms with E-state index in [1.54, 1.807) is 12.1 Å². The van der Waals surface area contributed by atoms with Crippen LogP contribution in [0.15, 0.2) is 29.3 Å². The van der Waals surface area contributed by atoms with Crippen molar-refractivity contribution in [1.29, 1.82) is 0 Å². The molecule has 1 saturated heterocycles. The topological polar surface area (TPSA) is 47.9 Å². The fourth-order valence-corrected chi connectivity index (χ4v) is 2.32. The molecule has 2 N–H and O–H groups in total. The summed E-state index contributed by atoms with van der Waals surface area (Å²) in [5, 5.41) is 13.3. The van der Waals surface area contributed by atoms with Crippen LogP contribution in [0, 0.1) is 5.82 Å². The number of benzene rings is 1. The van der Waals surface area contributed by atoms with Crippen LogP contribution in [0.4, 0.5) is 4.39 Å². The Morgan fingerprint density at radius 1 is 1.33 bits per heavy atom. The van der Waals surface area contributed by atoms with Gasteiger partial charge in [-0.15, -0.1) is 24.0 Å². The predicted molar refractivity (Wildman–Crippen MR) is 93.6 cm³/mol. The van der Waals surface area contributed by atoms with Crippen LogP contribution < -0.4 is 5.32 Å². The minimum Gasteiger partial charge on any atom is -0.386 e. The average Bonchev–Trinajstić information content (AvgIpc) is 2.98. The van der Waals surface area contributed by atoms with Gasteiger partial charge in [0.2, 0.25) is 0 Å². The van der Waals surface area contributed by atoms with Crippen LogP contribution in [0.1, 0.15) is 31.4 Å². The molecule has 0 bridgehead atoms. The summed E-state index contributed by atoms with van der Waals surface area (Å²) in [6.45, 7) is 5.14. The minimum absolute atomic E-state index is 0. The molecular formula is C15H23FIN3O. The normalized spacial score (nSPS) is 16.5. The van der Waals surface area contributed by atoms with E-state index in [1.807, 2.05) is 6.92 Å². The van der Waals surface area contributed by atoms with Gasteiger partial charge in [0.25, 0.3) is 0 Å². The molecule has 1 fully saturated rings. The number of nitrogens with zero attached hydrogens (tertiary/aromatic N) is 2. The van der Waals surface area contributed by atoms with Gasteiger partial charge in [-0.3, -0.25) is 4.99 Å². The Morgan fingerprint density at radius 3 is 2.52 bits per heavy atom. The lowest BCUT2D eigenvalue weighted by atomic mass is 10.1. The first-order chi connectivity index (χ1) is 9.70. The van der Waals surface area contributed by atoms with Crippen LogP contribution in [0.5, 0.6) is 0 Å². The third kappa shape index (κ3) is 5.43. The van der Waals surface area contributed by atoms with E-state index in [9.17, 15) is 9.50 Å². The van der Waals surface area contributed by atoms with Crippen LogP contribution in [-0.2, 0) is 0 Å². The minimum atomic E-state index is -0.702. The Kier molecular flexibility index (Phi) is 7.95. The molecule has 0 radical (unpaired) electrons. The highest BCUT2D eigenvalue weighted by Crippen LogP contribution is 2.14. The first-order valence-electron chi connectivity index (χ1n) is 7.17. The standard InChI is InChI=1S/C15H22FN3O.HI/c1-2-17-15(19-9-3-4-10-19)18-11-14(20)12-5-7-13(16)8-6-12;/h5-8,14,20H,2-4,9-11H2,1H3,(H,17,18);1H. The first-order valence-corrected chi connectivity index (χ1v) is 7.17. The highest BCUT2D eigenvalue weighted by atomic mass is 127. The van der Waals surface area contributed by atoms with Gasteiger partial charge < -0.3 is 15.3 Å². The second-order valence-electron chi connectivity index (χ2n) is 4.96. The van der Waals surface area contributed by atoms with E-state index in [2.05, 4.69) is 15.2 Å². The number of guanidine groups is 1. The van der Waals surface area contributed by atoms with Gasteiger partial charge in [0.1, 0.15) is 5.82 Å². The van der Waals surface area contributed by atoms with Crippen LogP contribution in [0.3, 0.4) is 0 Å². The number of halogens is 2. The molecule has 0 saturated carbocycles. The van der Waals surface area contributed by atoms with Crippen molar-refractivity contribution in [3.63, 3.8) is 0 Å². The lowest BCUT2D eigenvalue weighted by molar-refractivity contribution is 0.186. The van der Waals surface area contributed by atoms with E-state index >= 15 is 0 Å². The second-order valence-corrected chi connectivity index (χ2v) is 4.96. The average molecular weight is 407 g/mol. The number of nitrogens with one attached hydrogen (secondary N) is 1. The Balaban J connectivity index is 0.00000220. The smallest absolute Gasteiger partial charge is 0.194 e. The molecule has 6 heteroatoms. The zero-order valence-corrected chi connectivity index (χ0v) is 14.6. The van der Waals surface area contributed by atoms with Crippen molar-refractivity contribution >= 4 is 29.9 Å². The summed E-state index contributed by atoms with van der Waals surface area (Å²) in [5.41, 5.74) is 0.687. The molecule has 0 spiro atoms. The number of aliphatic hydroxyl groups excluding tert-OH is 1. The van der Waals surface area contributed by atoms with Gasteiger partial charge in [0.05, 0.1) is 12.6 Å². The maximum absolute atomic E-state index is 12.8. The molecule has 0 aromatic heterocycles. The Labute approximate surface area is 142 Å². The van der Waals surface area contributed by atoms with Crippen molar-refractivity contribution < 1.29 is 9.50 Å². The fourth-order valence-electron chi connectivity index (χ4n) is 2.32. The van der Waals surface area contributed by atoms with Gasteiger partial charge in [-0.05, 0) is 37.5 Å². The summed E-state index contributed by atoms with van der Waals surface area (Å²) < 4.78 is 12.8. The van der Waals surface area contributed by atoms with Gasteiger partial charge in [-0.1, -0.05) is 12.1 Å². The quantitative estimate of drug-likeness (QED) is 0.458. The summed E-state index contributed by atoms with van der Waals surface area (Å²) >= 11 is 0. The van der Waals surface area contributed by atoms with Crippen LogP contribution in [0.2, 0.25) is 0 Å². The number of hydrogen-bond acceptors (Lipinski definition) is 2. The van der Waals surface area contributed by atoms with Gasteiger partial charge in [0, 0.05) is 19.6 Å². The Hall–Kier alpha value is -0.890. The lowest BCUT2D eigenvalue weighted by Crippen LogP contribution is -2.39. The summed E-state index contributed by atoms with van der Waals surface area (Å²) in [5.74, 6) is 0.556. The van der Waals surface area contributed by atoms with E-state index in [0.717, 1.165) is 25.6 Å². The predicted octanol–water partition coefficient (Wildman–Crippen LogP) is 2.54. The van der Waals surface area contributed by atoms with Crippen LogP contribution >= 0.6 is 24.0 Å². The van der Waals surface area contributed by atoms with Gasteiger partial charge in [0.15, 0.2) is 5.96 Å². The van der Waals surface area contributed by atoms with Crippen molar-refractivity contribution in [2.24, 2.45) is 4.99 Å². The number of aliphatic imine (C=N–C) groups is 1. The molecular weight excluding hydrogens is 384 g/mol. The van der Waals surface area contributed by atoms with Gasteiger partial charge in [-0.2, -0.15) is 0 Å². The van der Waals surface area contributed by atoms with Crippen molar-refractivity contribution in [2.45, 2.75) is 25.9 Å². The molecule has 1 aliphatic rings. The highest BCUT2D eigenvalue weighted by Gasteiger charge is 2.16. The second kappa shape index (κ2) is 9.19. The molecule has 0 aliphatic carbocycles. The van der Waals surface area contributed by atoms with E-state index < -0.39 is 6.10 Å². The van der Waals surface area contributed by atoms with E-state index in [-0.39, 0.29) is 36.3 Å². The first kappa shape index (κ1) is 18.2. The molecule has 1 atom stereocenters. The molecule has 4 nitrogen and oxygen atoms in total. The van der Waals surface area contributed by atoms with Crippen molar-refractivity contribution in [1.82, 2.24) is 10.2 Å². The van der Waals surface area contributed by atoms with Crippen LogP contribution in [0.25, 0.3) is 0 Å². The summed E-state index contributed by atoms with van der Waals surface area (Å²) in [6.07, 6.45) is 1.67. The third-order valence-corrected chi connectivity index (χ3v) is 3.41. The number of aliphatic hydroxyl groups is 1. The van der Waals surface area contributed by atoms with E-state index in [1.165, 1.54) is 25.0 Å². The number of likely N-dealkylation sites (tertiary alicyclic amines) is 1. The van der Waals surface area contributed by atoms with Crippen molar-refractivity contribution in [2.75, 3.05) is 26.2 Å². The molecule has 1 unspecified atom stereocenters. The Bertz CT molecular complexity index is 447. The zero-order valence-electron chi connectivity index (χ0n) is 12.3. The monoisotopic (exact) mass is 407 g/mol. The molecule has 21 heavy (non-hydrogen) atoms. The highest BCUT2D eigenvalue weighted by molar-refractivity contribution is 14.0. The number of rotatable bonds is 4. The SMILES string of the molecule is CCNC(=NCC(O)c1ccc(F)cc1)N1CCCC1.I. The number of hydrogen-bond donors (Lipinski definition) is 2. The van der Waals surface area contributed by atoms with E-state index in [0.29, 0.717) is 5.56 Å². The summed E-state index contributed by atoms with van der Waals surface area (Å²) in [7, 11) is 0. The molecule has 1 heterocycles. The van der Waals surface area contributed by atoms with E-state index in [4.69, 9.17) is 0 Å². The molecule has 118 valence electrons. The Morgan fingerprint density at radius 2 is 1.95 bits per heavy atom. The maximum atomic E-state index is 12.8. The molecule has 2 rings (SSSR count). The molecule has 1 aromatic carbocycles. The fraction of sp³-hybridized carbons (Fsp3) is 0.533. The third-order valence-electron chi connectivity index (χ3n) is 3.41. The molecule has 1 aromatic rings. The zero-order chi connectivity index (χ0) is 14.4. The largest absolute Gasteiger partial charge is 0.386 e. The lowest BCUT2D eigenvalue weighted by Gasteiger charge is -2.21. The van der Waals surface area contributed by atoms with Gasteiger partial charge in [-0.25, -0.2) is 4.39 Å². The maximum Gasteiger partial charge on any atom is 0.194 e. The molecule has 0 amide bonds. The van der Waals surface area contributed by atoms with Crippen molar-refractivity contribution in [3.8, 4) is 0 Å².